The molecule has 1 saturated carbocycles. The molecule has 1 aromatic rings. The molecule has 0 saturated heterocycles. The van der Waals surface area contributed by atoms with Gasteiger partial charge in [0.2, 0.25) is 0 Å². The zero-order chi connectivity index (χ0) is 15.8. The summed E-state index contributed by atoms with van der Waals surface area (Å²) in [4.78, 5) is 0. The Bertz CT molecular complexity index is 433. The number of benzene rings is 1. The summed E-state index contributed by atoms with van der Waals surface area (Å²) in [5.74, 6) is 0. The molecule has 1 unspecified atom stereocenters. The molecule has 1 aliphatic carbocycles. The Morgan fingerprint density at radius 3 is 2.45 bits per heavy atom. The number of aryl methyl sites for hydroxylation is 1. The summed E-state index contributed by atoms with van der Waals surface area (Å²) < 4.78 is 0. The van der Waals surface area contributed by atoms with Crippen molar-refractivity contribution in [1.82, 2.24) is 0 Å². The molecule has 0 aliphatic heterocycles. The van der Waals surface area contributed by atoms with E-state index >= 15 is 0 Å². The lowest BCUT2D eigenvalue weighted by Crippen LogP contribution is -2.30. The SMILES string of the molecule is CCCC(O)c1cccc(CCC2(O)CCCCCCC2)c1. The predicted molar refractivity (Wildman–Crippen MR) is 91.9 cm³/mol. The van der Waals surface area contributed by atoms with E-state index in [4.69, 9.17) is 0 Å². The van der Waals surface area contributed by atoms with Crippen LogP contribution < -0.4 is 0 Å². The summed E-state index contributed by atoms with van der Waals surface area (Å²) in [6.07, 6.45) is 11.3. The first-order valence-electron chi connectivity index (χ1n) is 9.12. The molecule has 0 spiro atoms. The highest BCUT2D eigenvalue weighted by Gasteiger charge is 2.26. The van der Waals surface area contributed by atoms with Gasteiger partial charge in [-0.3, -0.25) is 0 Å². The lowest BCUT2D eigenvalue weighted by Gasteiger charge is -2.30. The minimum absolute atomic E-state index is 0.352. The van der Waals surface area contributed by atoms with Crippen molar-refractivity contribution in [3.63, 3.8) is 0 Å². The molecule has 0 heterocycles. The van der Waals surface area contributed by atoms with Crippen molar-refractivity contribution >= 4 is 0 Å². The van der Waals surface area contributed by atoms with Gasteiger partial charge in [-0.15, -0.1) is 0 Å². The molecule has 0 amide bonds. The maximum atomic E-state index is 10.9. The fourth-order valence-corrected chi connectivity index (χ4v) is 3.59. The van der Waals surface area contributed by atoms with Crippen LogP contribution in [0.1, 0.15) is 88.4 Å². The fraction of sp³-hybridized carbons (Fsp3) is 0.700. The molecule has 124 valence electrons. The Hall–Kier alpha value is -0.860. The quantitative estimate of drug-likeness (QED) is 0.782. The molecule has 2 rings (SSSR count). The Kier molecular flexibility index (Phi) is 6.91. The first-order chi connectivity index (χ1) is 10.6. The topological polar surface area (TPSA) is 40.5 Å². The molecule has 1 atom stereocenters. The van der Waals surface area contributed by atoms with Gasteiger partial charge in [0, 0.05) is 0 Å². The third kappa shape index (κ3) is 5.40. The zero-order valence-corrected chi connectivity index (χ0v) is 14.1. The highest BCUT2D eigenvalue weighted by molar-refractivity contribution is 5.25. The van der Waals surface area contributed by atoms with Crippen molar-refractivity contribution < 1.29 is 10.2 Å². The van der Waals surface area contributed by atoms with E-state index in [1.54, 1.807) is 0 Å². The average Bonchev–Trinajstić information content (AvgIpc) is 2.50. The van der Waals surface area contributed by atoms with E-state index in [9.17, 15) is 10.2 Å². The normalized spacial score (nSPS) is 20.1. The molecule has 1 aliphatic rings. The molecule has 1 fully saturated rings. The maximum absolute atomic E-state index is 10.9. The molecular weight excluding hydrogens is 272 g/mol. The summed E-state index contributed by atoms with van der Waals surface area (Å²) in [7, 11) is 0. The van der Waals surface area contributed by atoms with Gasteiger partial charge in [0.15, 0.2) is 0 Å². The molecule has 0 bridgehead atoms. The summed E-state index contributed by atoms with van der Waals surface area (Å²) in [5.41, 5.74) is 1.78. The second kappa shape index (κ2) is 8.69. The van der Waals surface area contributed by atoms with Crippen LogP contribution in [0.4, 0.5) is 0 Å². The van der Waals surface area contributed by atoms with E-state index in [1.807, 2.05) is 12.1 Å². The van der Waals surface area contributed by atoms with E-state index in [2.05, 4.69) is 19.1 Å². The second-order valence-corrected chi connectivity index (χ2v) is 7.04. The van der Waals surface area contributed by atoms with Crippen molar-refractivity contribution in [3.05, 3.63) is 35.4 Å². The molecule has 2 nitrogen and oxygen atoms in total. The first kappa shape index (κ1) is 17.5. The summed E-state index contributed by atoms with van der Waals surface area (Å²) in [6.45, 7) is 2.09. The maximum Gasteiger partial charge on any atom is 0.0790 e. The highest BCUT2D eigenvalue weighted by atomic mass is 16.3. The molecule has 2 N–H and O–H groups in total. The number of hydrogen-bond acceptors (Lipinski definition) is 2. The predicted octanol–water partition coefficient (Wildman–Crippen LogP) is 4.93. The van der Waals surface area contributed by atoms with Crippen molar-refractivity contribution in [1.29, 1.82) is 0 Å². The molecule has 1 aromatic carbocycles. The third-order valence-electron chi connectivity index (χ3n) is 5.06. The van der Waals surface area contributed by atoms with Gasteiger partial charge in [-0.2, -0.15) is 0 Å². The van der Waals surface area contributed by atoms with E-state index in [-0.39, 0.29) is 6.10 Å². The minimum Gasteiger partial charge on any atom is -0.390 e. The minimum atomic E-state index is -0.474. The average molecular weight is 304 g/mol. The van der Waals surface area contributed by atoms with Gasteiger partial charge in [0.25, 0.3) is 0 Å². The van der Waals surface area contributed by atoms with Crippen molar-refractivity contribution in [2.75, 3.05) is 0 Å². The fourth-order valence-electron chi connectivity index (χ4n) is 3.59. The lowest BCUT2D eigenvalue weighted by atomic mass is 9.83. The highest BCUT2D eigenvalue weighted by Crippen LogP contribution is 2.30. The van der Waals surface area contributed by atoms with E-state index in [0.29, 0.717) is 0 Å². The Morgan fingerprint density at radius 1 is 1.09 bits per heavy atom. The van der Waals surface area contributed by atoms with Crippen LogP contribution in [0, 0.1) is 0 Å². The van der Waals surface area contributed by atoms with E-state index < -0.39 is 5.60 Å². The van der Waals surface area contributed by atoms with Crippen LogP contribution in [0.25, 0.3) is 0 Å². The molecule has 2 heteroatoms. The molecule has 0 aromatic heterocycles. The lowest BCUT2D eigenvalue weighted by molar-refractivity contribution is 0.00628. The van der Waals surface area contributed by atoms with Gasteiger partial charge in [-0.25, -0.2) is 0 Å². The van der Waals surface area contributed by atoms with Crippen molar-refractivity contribution in [3.8, 4) is 0 Å². The van der Waals surface area contributed by atoms with Gasteiger partial charge < -0.3 is 10.2 Å². The van der Waals surface area contributed by atoms with Crippen LogP contribution in [0.5, 0.6) is 0 Å². The number of aliphatic hydroxyl groups is 2. The van der Waals surface area contributed by atoms with Crippen molar-refractivity contribution in [2.24, 2.45) is 0 Å². The summed E-state index contributed by atoms with van der Waals surface area (Å²) in [6, 6.07) is 8.28. The second-order valence-electron chi connectivity index (χ2n) is 7.04. The van der Waals surface area contributed by atoms with Gasteiger partial charge in [0.1, 0.15) is 0 Å². The van der Waals surface area contributed by atoms with E-state index in [0.717, 1.165) is 56.9 Å². The smallest absolute Gasteiger partial charge is 0.0790 e. The number of hydrogen-bond donors (Lipinski definition) is 2. The monoisotopic (exact) mass is 304 g/mol. The summed E-state index contributed by atoms with van der Waals surface area (Å²) in [5, 5.41) is 21.0. The third-order valence-corrected chi connectivity index (χ3v) is 5.06. The van der Waals surface area contributed by atoms with Crippen LogP contribution in [0.2, 0.25) is 0 Å². The molecular formula is C20H32O2. The van der Waals surface area contributed by atoms with Crippen LogP contribution in [0.15, 0.2) is 24.3 Å². The Labute approximate surface area is 135 Å². The van der Waals surface area contributed by atoms with Crippen LogP contribution in [0.3, 0.4) is 0 Å². The molecule has 0 radical (unpaired) electrons. The Balaban J connectivity index is 1.93. The Morgan fingerprint density at radius 2 is 1.77 bits per heavy atom. The summed E-state index contributed by atoms with van der Waals surface area (Å²) >= 11 is 0. The van der Waals surface area contributed by atoms with E-state index in [1.165, 1.54) is 24.8 Å². The van der Waals surface area contributed by atoms with Crippen LogP contribution in [-0.2, 0) is 6.42 Å². The number of rotatable bonds is 6. The van der Waals surface area contributed by atoms with Crippen molar-refractivity contribution in [2.45, 2.75) is 89.3 Å². The first-order valence-corrected chi connectivity index (χ1v) is 9.12. The molecule has 22 heavy (non-hydrogen) atoms. The zero-order valence-electron chi connectivity index (χ0n) is 14.1. The van der Waals surface area contributed by atoms with Crippen LogP contribution in [-0.4, -0.2) is 15.8 Å². The van der Waals surface area contributed by atoms with Gasteiger partial charge >= 0.3 is 0 Å². The van der Waals surface area contributed by atoms with Gasteiger partial charge in [-0.1, -0.05) is 69.7 Å². The number of aliphatic hydroxyl groups excluding tert-OH is 1. The largest absolute Gasteiger partial charge is 0.390 e. The van der Waals surface area contributed by atoms with Gasteiger partial charge in [-0.05, 0) is 43.2 Å². The van der Waals surface area contributed by atoms with Crippen LogP contribution >= 0.6 is 0 Å². The standard InChI is InChI=1S/C20H32O2/c1-2-9-19(21)18-11-8-10-17(16-18)12-15-20(22)13-6-4-3-5-7-14-20/h8,10-11,16,19,21-22H,2-7,9,12-15H2,1H3. The van der Waals surface area contributed by atoms with Gasteiger partial charge in [0.05, 0.1) is 11.7 Å².